The molecule has 5 amide bonds. The van der Waals surface area contributed by atoms with E-state index in [1.807, 2.05) is 0 Å². The summed E-state index contributed by atoms with van der Waals surface area (Å²) in [5.41, 5.74) is 3.69. The first-order valence-electron chi connectivity index (χ1n) is 13.6. The van der Waals surface area contributed by atoms with Gasteiger partial charge in [0.1, 0.15) is 18.1 Å². The van der Waals surface area contributed by atoms with Crippen LogP contribution < -0.4 is 21.7 Å². The number of rotatable bonds is 9. The summed E-state index contributed by atoms with van der Waals surface area (Å²) in [4.78, 5) is 66.1. The predicted octanol–water partition coefficient (Wildman–Crippen LogP) is 0.437. The van der Waals surface area contributed by atoms with Crippen molar-refractivity contribution in [3.63, 3.8) is 0 Å². The fraction of sp³-hybridized carbons (Fsp3) is 0.800. The fourth-order valence-electron chi connectivity index (χ4n) is 6.14. The topological polar surface area (TPSA) is 151 Å². The Balaban J connectivity index is 1.35. The first-order chi connectivity index (χ1) is 18.1. The van der Waals surface area contributed by atoms with Gasteiger partial charge < -0.3 is 26.6 Å². The van der Waals surface area contributed by atoms with E-state index < -0.39 is 47.4 Å². The lowest BCUT2D eigenvalue weighted by molar-refractivity contribution is -0.144. The molecule has 0 unspecified atom stereocenters. The molecule has 38 heavy (non-hydrogen) atoms. The average molecular weight is 570 g/mol. The molecule has 5 rings (SSSR count). The van der Waals surface area contributed by atoms with Gasteiger partial charge in [0.25, 0.3) is 5.91 Å². The third kappa shape index (κ3) is 5.64. The molecule has 3 heterocycles. The Labute approximate surface area is 229 Å². The minimum atomic E-state index is -1.90. The summed E-state index contributed by atoms with van der Waals surface area (Å²) in [6, 6.07) is -2.80. The Morgan fingerprint density at radius 2 is 1.79 bits per heavy atom. The van der Waals surface area contributed by atoms with Gasteiger partial charge in [-0.2, -0.15) is 0 Å². The van der Waals surface area contributed by atoms with Crippen molar-refractivity contribution in [2.45, 2.75) is 85.7 Å². The van der Waals surface area contributed by atoms with Crippen molar-refractivity contribution in [2.24, 2.45) is 17.6 Å². The molecule has 2 aliphatic carbocycles. The van der Waals surface area contributed by atoms with Gasteiger partial charge in [0.15, 0.2) is 5.67 Å². The normalized spacial score (nSPS) is 29.2. The highest BCUT2D eigenvalue weighted by Gasteiger charge is 2.55. The lowest BCUT2D eigenvalue weighted by Crippen LogP contribution is -2.58. The number of hydrogen-bond donors (Lipinski definition) is 4. The van der Waals surface area contributed by atoms with Gasteiger partial charge in [0.2, 0.25) is 23.6 Å². The van der Waals surface area contributed by atoms with Crippen LogP contribution in [-0.2, 0) is 24.0 Å². The summed E-state index contributed by atoms with van der Waals surface area (Å²) in [5.74, 6) is -1.25. The average Bonchev–Trinajstić information content (AvgIpc) is 3.41. The highest BCUT2D eigenvalue weighted by Crippen LogP contribution is 2.52. The van der Waals surface area contributed by atoms with Crippen molar-refractivity contribution in [1.82, 2.24) is 20.9 Å². The van der Waals surface area contributed by atoms with Crippen molar-refractivity contribution < 1.29 is 28.4 Å². The van der Waals surface area contributed by atoms with Crippen LogP contribution in [0.5, 0.6) is 0 Å². The van der Waals surface area contributed by atoms with Crippen LogP contribution in [0.25, 0.3) is 0 Å². The van der Waals surface area contributed by atoms with Crippen LogP contribution in [0, 0.1) is 11.8 Å². The number of halogens is 1. The number of carbonyl (C=O) groups excluding carboxylic acids is 5. The van der Waals surface area contributed by atoms with E-state index in [4.69, 9.17) is 5.73 Å². The van der Waals surface area contributed by atoms with Crippen LogP contribution in [0.1, 0.15) is 57.8 Å². The summed E-state index contributed by atoms with van der Waals surface area (Å²) in [6.07, 6.45) is 4.73. The summed E-state index contributed by atoms with van der Waals surface area (Å²) in [5, 5.41) is 8.17. The van der Waals surface area contributed by atoms with E-state index in [0.29, 0.717) is 25.9 Å². The highest BCUT2D eigenvalue weighted by atomic mass is 32.2. The second kappa shape index (κ2) is 10.9. The van der Waals surface area contributed by atoms with E-state index in [1.54, 1.807) is 23.5 Å². The Kier molecular flexibility index (Phi) is 7.87. The van der Waals surface area contributed by atoms with Crippen molar-refractivity contribution >= 4 is 53.1 Å². The van der Waals surface area contributed by atoms with Gasteiger partial charge in [-0.15, -0.1) is 23.5 Å². The maximum Gasteiger partial charge on any atom is 0.258 e. The van der Waals surface area contributed by atoms with Gasteiger partial charge >= 0.3 is 0 Å². The summed E-state index contributed by atoms with van der Waals surface area (Å²) >= 11 is 3.43. The van der Waals surface area contributed by atoms with E-state index in [9.17, 15) is 28.4 Å². The Hall–Kier alpha value is -2.02. The van der Waals surface area contributed by atoms with E-state index in [-0.39, 0.29) is 41.1 Å². The number of carbonyl (C=O) groups is 5. The number of amides is 5. The zero-order chi connectivity index (χ0) is 27.1. The highest BCUT2D eigenvalue weighted by molar-refractivity contribution is 8.21. The standard InChI is InChI=1S/C25H36FN5O5S2/c26-24(6-7-24)23(36)30-18(14-3-1-2-4-14)22(35)31-13-25(37-9-10-38-25)12-17(31)21(34)29-16(19(27)32)11-15-5-8-28-20(15)33/h14-18H,1-13H2,(H2,27,32)(H,28,33)(H,29,34)(H,30,36)/t15-,16-,17-,18-/m0/s1. The molecule has 0 aromatic carbocycles. The lowest BCUT2D eigenvalue weighted by atomic mass is 9.95. The second-order valence-corrected chi connectivity index (χ2v) is 14.4. The third-order valence-electron chi connectivity index (χ3n) is 8.55. The lowest BCUT2D eigenvalue weighted by Gasteiger charge is -2.32. The molecule has 4 atom stereocenters. The Morgan fingerprint density at radius 1 is 1.11 bits per heavy atom. The van der Waals surface area contributed by atoms with Gasteiger partial charge in [-0.25, -0.2) is 4.39 Å². The van der Waals surface area contributed by atoms with Gasteiger partial charge in [0.05, 0.1) is 4.08 Å². The van der Waals surface area contributed by atoms with Crippen LogP contribution in [0.4, 0.5) is 4.39 Å². The maximum atomic E-state index is 14.6. The number of thioether (sulfide) groups is 2. The van der Waals surface area contributed by atoms with Gasteiger partial charge in [-0.1, -0.05) is 12.8 Å². The summed E-state index contributed by atoms with van der Waals surface area (Å²) < 4.78 is 14.2. The molecule has 0 radical (unpaired) electrons. The van der Waals surface area contributed by atoms with Crippen LogP contribution in [-0.4, -0.2) is 86.9 Å². The van der Waals surface area contributed by atoms with Crippen molar-refractivity contribution in [3.05, 3.63) is 0 Å². The summed E-state index contributed by atoms with van der Waals surface area (Å²) in [7, 11) is 0. The van der Waals surface area contributed by atoms with Crippen LogP contribution in [0.2, 0.25) is 0 Å². The molecule has 5 N–H and O–H groups in total. The van der Waals surface area contributed by atoms with Crippen molar-refractivity contribution in [3.8, 4) is 0 Å². The predicted molar refractivity (Wildman–Crippen MR) is 142 cm³/mol. The maximum absolute atomic E-state index is 14.6. The van der Waals surface area contributed by atoms with E-state index in [2.05, 4.69) is 16.0 Å². The van der Waals surface area contributed by atoms with E-state index in [1.165, 1.54) is 4.90 Å². The van der Waals surface area contributed by atoms with Gasteiger partial charge in [-0.3, -0.25) is 24.0 Å². The molecule has 0 aromatic heterocycles. The number of likely N-dealkylation sites (tertiary alicyclic amines) is 1. The van der Waals surface area contributed by atoms with Crippen LogP contribution in [0.15, 0.2) is 0 Å². The van der Waals surface area contributed by atoms with E-state index in [0.717, 1.165) is 37.2 Å². The van der Waals surface area contributed by atoms with E-state index >= 15 is 0 Å². The third-order valence-corrected chi connectivity index (χ3v) is 12.0. The Bertz CT molecular complexity index is 999. The largest absolute Gasteiger partial charge is 0.368 e. The summed E-state index contributed by atoms with van der Waals surface area (Å²) in [6.45, 7) is 0.838. The molecular weight excluding hydrogens is 533 g/mol. The number of nitrogens with zero attached hydrogens (tertiary/aromatic N) is 1. The molecule has 2 saturated carbocycles. The number of alkyl halides is 1. The fourth-order valence-corrected chi connectivity index (χ4v) is 9.39. The van der Waals surface area contributed by atoms with Gasteiger partial charge in [-0.05, 0) is 44.4 Å². The molecule has 10 nitrogen and oxygen atoms in total. The quantitative estimate of drug-likeness (QED) is 0.315. The second-order valence-electron chi connectivity index (χ2n) is 11.2. The minimum Gasteiger partial charge on any atom is -0.368 e. The monoisotopic (exact) mass is 569 g/mol. The minimum absolute atomic E-state index is 0.0988. The molecule has 0 bridgehead atoms. The number of nitrogens with one attached hydrogen (secondary N) is 3. The number of hydrogen-bond acceptors (Lipinski definition) is 7. The molecule has 3 saturated heterocycles. The molecule has 3 aliphatic heterocycles. The number of primary amides is 1. The van der Waals surface area contributed by atoms with Gasteiger partial charge in [0, 0.05) is 36.9 Å². The van der Waals surface area contributed by atoms with Crippen LogP contribution in [0.3, 0.4) is 0 Å². The molecule has 0 aromatic rings. The van der Waals surface area contributed by atoms with Crippen molar-refractivity contribution in [1.29, 1.82) is 0 Å². The molecule has 5 fully saturated rings. The Morgan fingerprint density at radius 3 is 2.37 bits per heavy atom. The molecule has 210 valence electrons. The first-order valence-corrected chi connectivity index (χ1v) is 15.5. The van der Waals surface area contributed by atoms with Crippen molar-refractivity contribution in [2.75, 3.05) is 24.6 Å². The molecule has 1 spiro atoms. The zero-order valence-corrected chi connectivity index (χ0v) is 23.0. The number of nitrogens with two attached hydrogens (primary N) is 1. The molecule has 5 aliphatic rings. The SMILES string of the molecule is NC(=O)[C@H](C[C@@H]1CCNC1=O)NC(=O)[C@@H]1CC2(CN1C(=O)[C@@H](NC(=O)C1(F)CC1)C1CCCC1)SCCS2. The molecular formula is C25H36FN5O5S2. The molecule has 13 heteroatoms. The zero-order valence-electron chi connectivity index (χ0n) is 21.3. The smallest absolute Gasteiger partial charge is 0.258 e. The first kappa shape index (κ1) is 27.5. The van der Waals surface area contributed by atoms with Crippen LogP contribution >= 0.6 is 23.5 Å².